The molecule has 1 atom stereocenters. The van der Waals surface area contributed by atoms with Crippen LogP contribution in [0.25, 0.3) is 6.08 Å². The van der Waals surface area contributed by atoms with Crippen molar-refractivity contribution in [3.05, 3.63) is 65.0 Å². The third-order valence-corrected chi connectivity index (χ3v) is 4.81. The van der Waals surface area contributed by atoms with Gasteiger partial charge in [-0.3, -0.25) is 14.9 Å². The molecule has 2 aliphatic heterocycles. The largest absolute Gasteiger partial charge is 0.492 e. The summed E-state index contributed by atoms with van der Waals surface area (Å²) in [5.41, 5.74) is 4.65. The summed E-state index contributed by atoms with van der Waals surface area (Å²) in [5.74, 6) is -0.0220. The van der Waals surface area contributed by atoms with Crippen LogP contribution in [-0.4, -0.2) is 39.1 Å². The molecule has 1 N–H and O–H groups in total. The number of piperidine rings is 1. The minimum absolute atomic E-state index is 0.0220. The molecule has 0 saturated carbocycles. The summed E-state index contributed by atoms with van der Waals surface area (Å²) in [6.07, 6.45) is 8.29. The summed E-state index contributed by atoms with van der Waals surface area (Å²) in [5, 5.41) is 7.12. The van der Waals surface area contributed by atoms with E-state index in [0.29, 0.717) is 18.8 Å². The molecular weight excluding hydrogens is 328 g/mol. The smallest absolute Gasteiger partial charge is 0.274 e. The zero-order valence-corrected chi connectivity index (χ0v) is 14.8. The summed E-state index contributed by atoms with van der Waals surface area (Å²) in [6, 6.07) is 7.84. The third kappa shape index (κ3) is 3.54. The number of rotatable bonds is 3. The highest BCUT2D eigenvalue weighted by Gasteiger charge is 2.24. The van der Waals surface area contributed by atoms with Gasteiger partial charge in [-0.25, -0.2) is 0 Å². The van der Waals surface area contributed by atoms with E-state index in [1.54, 1.807) is 6.26 Å². The van der Waals surface area contributed by atoms with Crippen molar-refractivity contribution in [1.29, 1.82) is 0 Å². The molecule has 4 rings (SSSR count). The predicted octanol–water partition coefficient (Wildman–Crippen LogP) is 3.41. The van der Waals surface area contributed by atoms with Crippen LogP contribution in [0.1, 0.15) is 52.9 Å². The number of aromatic nitrogens is 3. The first-order valence-corrected chi connectivity index (χ1v) is 8.97. The molecule has 0 radical (unpaired) electrons. The van der Waals surface area contributed by atoms with Gasteiger partial charge in [-0.2, -0.15) is 5.10 Å². The van der Waals surface area contributed by atoms with E-state index in [2.05, 4.69) is 21.3 Å². The van der Waals surface area contributed by atoms with Gasteiger partial charge in [-0.15, -0.1) is 0 Å². The van der Waals surface area contributed by atoms with Crippen molar-refractivity contribution in [1.82, 2.24) is 20.1 Å². The van der Waals surface area contributed by atoms with Crippen LogP contribution in [0.4, 0.5) is 0 Å². The molecule has 1 unspecified atom stereocenters. The highest BCUT2D eigenvalue weighted by atomic mass is 16.5. The molecule has 1 fully saturated rings. The number of hydrogen-bond donors (Lipinski definition) is 1. The first kappa shape index (κ1) is 16.6. The Morgan fingerprint density at radius 1 is 1.35 bits per heavy atom. The molecule has 0 aliphatic carbocycles. The van der Waals surface area contributed by atoms with E-state index in [0.717, 1.165) is 36.3 Å². The molecule has 2 aliphatic rings. The van der Waals surface area contributed by atoms with E-state index in [4.69, 9.17) is 4.74 Å². The Hall–Kier alpha value is -2.89. The van der Waals surface area contributed by atoms with Crippen molar-refractivity contribution < 1.29 is 9.53 Å². The van der Waals surface area contributed by atoms with Gasteiger partial charge in [0.1, 0.15) is 6.10 Å². The van der Waals surface area contributed by atoms with Crippen LogP contribution >= 0.6 is 0 Å². The minimum atomic E-state index is -0.0539. The van der Waals surface area contributed by atoms with Crippen molar-refractivity contribution in [3.8, 4) is 0 Å². The topological polar surface area (TPSA) is 71.1 Å². The number of aromatic amines is 1. The third-order valence-electron chi connectivity index (χ3n) is 4.81. The van der Waals surface area contributed by atoms with Crippen molar-refractivity contribution in [2.24, 2.45) is 0 Å². The lowest BCUT2D eigenvalue weighted by Gasteiger charge is -2.27. The van der Waals surface area contributed by atoms with E-state index in [9.17, 15) is 4.79 Å². The average molecular weight is 350 g/mol. The maximum atomic E-state index is 12.7. The number of aryl methyl sites for hydroxylation is 1. The maximum absolute atomic E-state index is 12.7. The maximum Gasteiger partial charge on any atom is 0.274 e. The van der Waals surface area contributed by atoms with Gasteiger partial charge in [-0.05, 0) is 50.1 Å². The van der Waals surface area contributed by atoms with Crippen LogP contribution in [0.2, 0.25) is 0 Å². The lowest BCUT2D eigenvalue weighted by molar-refractivity contribution is 0.0738. The number of carbonyl (C=O) groups excluding carboxylic acids is 1. The Bertz CT molecular complexity index is 850. The molecule has 6 heteroatoms. The number of likely N-dealkylation sites (tertiary alicyclic amines) is 1. The summed E-state index contributed by atoms with van der Waals surface area (Å²) in [4.78, 5) is 19.1. The highest BCUT2D eigenvalue weighted by Crippen LogP contribution is 2.26. The van der Waals surface area contributed by atoms with Gasteiger partial charge < -0.3 is 9.64 Å². The fourth-order valence-corrected chi connectivity index (χ4v) is 3.35. The number of nitrogens with zero attached hydrogens (tertiary/aromatic N) is 3. The van der Waals surface area contributed by atoms with Gasteiger partial charge in [0.25, 0.3) is 5.91 Å². The molecule has 1 amide bonds. The van der Waals surface area contributed by atoms with Gasteiger partial charge in [-0.1, -0.05) is 11.6 Å². The highest BCUT2D eigenvalue weighted by molar-refractivity contribution is 5.92. The first-order chi connectivity index (χ1) is 12.7. The molecule has 0 spiro atoms. The Balaban J connectivity index is 1.37. The fraction of sp³-hybridized carbons (Fsp3) is 0.350. The van der Waals surface area contributed by atoms with Crippen LogP contribution in [0.5, 0.6) is 0 Å². The molecular formula is C20H22N4O2. The Morgan fingerprint density at radius 3 is 2.92 bits per heavy atom. The van der Waals surface area contributed by atoms with Crippen LogP contribution in [-0.2, 0) is 4.74 Å². The zero-order chi connectivity index (χ0) is 17.9. The summed E-state index contributed by atoms with van der Waals surface area (Å²) >= 11 is 0. The molecule has 134 valence electrons. The number of pyridine rings is 1. The van der Waals surface area contributed by atoms with Gasteiger partial charge >= 0.3 is 0 Å². The Morgan fingerprint density at radius 2 is 2.19 bits per heavy atom. The second-order valence-corrected chi connectivity index (χ2v) is 6.74. The molecule has 2 aromatic rings. The lowest BCUT2D eigenvalue weighted by atomic mass is 10.0. The van der Waals surface area contributed by atoms with Crippen molar-refractivity contribution >= 4 is 12.0 Å². The van der Waals surface area contributed by atoms with Gasteiger partial charge in [0.05, 0.1) is 17.6 Å². The quantitative estimate of drug-likeness (QED) is 0.921. The Labute approximate surface area is 152 Å². The van der Waals surface area contributed by atoms with Crippen molar-refractivity contribution in [2.75, 3.05) is 13.1 Å². The number of H-pyrrole nitrogens is 1. The molecule has 0 bridgehead atoms. The Kier molecular flexibility index (Phi) is 4.56. The van der Waals surface area contributed by atoms with Crippen molar-refractivity contribution in [3.63, 3.8) is 0 Å². The van der Waals surface area contributed by atoms with E-state index in [1.165, 1.54) is 5.57 Å². The number of amides is 1. The number of hydrogen-bond acceptors (Lipinski definition) is 4. The molecule has 0 aromatic carbocycles. The SMILES string of the molecule is Cc1cccc(C=C2CCN(C(=O)c3cc(C4CC=CO4)[nH]n3)CC2)n1. The predicted molar refractivity (Wildman–Crippen MR) is 98.3 cm³/mol. The molecule has 6 nitrogen and oxygen atoms in total. The van der Waals surface area contributed by atoms with Crippen LogP contribution in [0.15, 0.2) is 42.2 Å². The van der Waals surface area contributed by atoms with E-state index < -0.39 is 0 Å². The summed E-state index contributed by atoms with van der Waals surface area (Å²) in [6.45, 7) is 3.41. The van der Waals surface area contributed by atoms with Crippen LogP contribution < -0.4 is 0 Å². The zero-order valence-electron chi connectivity index (χ0n) is 14.8. The average Bonchev–Trinajstić information content (AvgIpc) is 3.33. The second-order valence-electron chi connectivity index (χ2n) is 6.74. The van der Waals surface area contributed by atoms with Gasteiger partial charge in [0.15, 0.2) is 5.69 Å². The normalized spacial score (nSPS) is 19.5. The van der Waals surface area contributed by atoms with E-state index >= 15 is 0 Å². The van der Waals surface area contributed by atoms with Gasteiger partial charge in [0.2, 0.25) is 0 Å². The monoisotopic (exact) mass is 350 g/mol. The number of carbonyl (C=O) groups is 1. The fourth-order valence-electron chi connectivity index (χ4n) is 3.35. The lowest BCUT2D eigenvalue weighted by Crippen LogP contribution is -2.36. The van der Waals surface area contributed by atoms with Crippen molar-refractivity contribution in [2.45, 2.75) is 32.3 Å². The minimum Gasteiger partial charge on any atom is -0.492 e. The van der Waals surface area contributed by atoms with Gasteiger partial charge in [0, 0.05) is 25.2 Å². The molecule has 26 heavy (non-hydrogen) atoms. The second kappa shape index (κ2) is 7.15. The van der Waals surface area contributed by atoms with E-state index in [-0.39, 0.29) is 12.0 Å². The van der Waals surface area contributed by atoms with Crippen LogP contribution in [0, 0.1) is 6.92 Å². The van der Waals surface area contributed by atoms with Crippen LogP contribution in [0.3, 0.4) is 0 Å². The summed E-state index contributed by atoms with van der Waals surface area (Å²) in [7, 11) is 0. The summed E-state index contributed by atoms with van der Waals surface area (Å²) < 4.78 is 5.47. The first-order valence-electron chi connectivity index (χ1n) is 8.97. The molecule has 4 heterocycles. The number of nitrogens with one attached hydrogen (secondary N) is 1. The molecule has 2 aromatic heterocycles. The van der Waals surface area contributed by atoms with E-state index in [1.807, 2.05) is 42.2 Å². The molecule has 1 saturated heterocycles. The standard InChI is InChI=1S/C20H22N4O2/c1-14-4-2-5-16(21-14)12-15-7-9-24(10-8-15)20(25)18-13-17(22-23-18)19-6-3-11-26-19/h2-5,11-13,19H,6-10H2,1H3,(H,22,23). The number of ether oxygens (including phenoxy) is 1.